The lowest BCUT2D eigenvalue weighted by Crippen LogP contribution is -2.39. The predicted octanol–water partition coefficient (Wildman–Crippen LogP) is 1.72. The number of rotatable bonds is 2. The van der Waals surface area contributed by atoms with Crippen molar-refractivity contribution in [1.29, 1.82) is 5.26 Å². The van der Waals surface area contributed by atoms with Gasteiger partial charge in [0.25, 0.3) is 5.91 Å². The summed E-state index contributed by atoms with van der Waals surface area (Å²) >= 11 is 0. The molecule has 1 aliphatic rings. The Kier molecular flexibility index (Phi) is 3.31. The number of benzene rings is 1. The van der Waals surface area contributed by atoms with Gasteiger partial charge in [0.1, 0.15) is 18.1 Å². The van der Waals surface area contributed by atoms with Gasteiger partial charge in [-0.1, -0.05) is 18.2 Å². The van der Waals surface area contributed by atoms with E-state index < -0.39 is 0 Å². The lowest BCUT2D eigenvalue weighted by atomic mass is 10.2. The van der Waals surface area contributed by atoms with E-state index in [9.17, 15) is 4.79 Å². The molecule has 1 amide bonds. The van der Waals surface area contributed by atoms with Crippen LogP contribution in [0.1, 0.15) is 22.1 Å². The summed E-state index contributed by atoms with van der Waals surface area (Å²) in [5, 5.41) is 18.3. The Bertz CT molecular complexity index is 977. The Morgan fingerprint density at radius 1 is 1.29 bits per heavy atom. The summed E-state index contributed by atoms with van der Waals surface area (Å²) in [7, 11) is 0. The van der Waals surface area contributed by atoms with Crippen LogP contribution in [0.2, 0.25) is 0 Å². The van der Waals surface area contributed by atoms with Gasteiger partial charge in [-0.05, 0) is 19.1 Å². The lowest BCUT2D eigenvalue weighted by Gasteiger charge is -2.27. The quantitative estimate of drug-likeness (QED) is 0.720. The van der Waals surface area contributed by atoms with Crippen LogP contribution in [0.15, 0.2) is 30.3 Å². The molecule has 0 fully saturated rings. The molecule has 120 valence electrons. The van der Waals surface area contributed by atoms with E-state index in [2.05, 4.69) is 16.3 Å². The van der Waals surface area contributed by atoms with Gasteiger partial charge < -0.3 is 14.0 Å². The maximum absolute atomic E-state index is 13.0. The third-order valence-corrected chi connectivity index (χ3v) is 4.48. The number of nitrogens with zero attached hydrogens (tertiary/aromatic N) is 6. The molecule has 0 unspecified atom stereocenters. The number of amides is 1. The van der Waals surface area contributed by atoms with Crippen molar-refractivity contribution in [2.24, 2.45) is 0 Å². The second kappa shape index (κ2) is 5.49. The van der Waals surface area contributed by atoms with Crippen LogP contribution >= 0.6 is 0 Å². The summed E-state index contributed by atoms with van der Waals surface area (Å²) in [6, 6.07) is 11.7. The van der Waals surface area contributed by atoms with Crippen molar-refractivity contribution in [3.8, 4) is 6.07 Å². The molecule has 7 heteroatoms. The first-order valence-corrected chi connectivity index (χ1v) is 7.82. The standard InChI is InChI=1S/C17H16N6O/c1-12-19-20-16-11-21(8-9-22(12)16)17(24)15-10-13-4-2-3-5-14(13)23(15)7-6-18/h2-5,10H,7-9,11H2,1H3. The average Bonchev–Trinajstić information content (AvgIpc) is 3.16. The Balaban J connectivity index is 1.71. The molecule has 3 heterocycles. The maximum Gasteiger partial charge on any atom is 0.271 e. The smallest absolute Gasteiger partial charge is 0.271 e. The molecule has 0 bridgehead atoms. The molecule has 7 nitrogen and oxygen atoms in total. The first kappa shape index (κ1) is 14.5. The van der Waals surface area contributed by atoms with Crippen LogP contribution in [-0.4, -0.2) is 36.7 Å². The Hall–Kier alpha value is -3.14. The van der Waals surface area contributed by atoms with Gasteiger partial charge >= 0.3 is 0 Å². The number of hydrogen-bond acceptors (Lipinski definition) is 4. The molecule has 2 aromatic heterocycles. The van der Waals surface area contributed by atoms with E-state index in [1.165, 1.54) is 0 Å². The number of aryl methyl sites for hydroxylation is 1. The zero-order chi connectivity index (χ0) is 16.7. The van der Waals surface area contributed by atoms with Crippen molar-refractivity contribution in [2.45, 2.75) is 26.6 Å². The van der Waals surface area contributed by atoms with Crippen molar-refractivity contribution in [3.05, 3.63) is 47.7 Å². The molecule has 0 saturated heterocycles. The summed E-state index contributed by atoms with van der Waals surface area (Å²) < 4.78 is 3.82. The number of fused-ring (bicyclic) bond motifs is 2. The van der Waals surface area contributed by atoms with Crippen LogP contribution in [0.4, 0.5) is 0 Å². The monoisotopic (exact) mass is 320 g/mol. The Labute approximate surface area is 138 Å². The first-order valence-electron chi connectivity index (χ1n) is 7.82. The zero-order valence-electron chi connectivity index (χ0n) is 13.3. The molecule has 0 spiro atoms. The molecular weight excluding hydrogens is 304 g/mol. The summed E-state index contributed by atoms with van der Waals surface area (Å²) in [5.74, 6) is 1.60. The van der Waals surface area contributed by atoms with E-state index in [0.717, 1.165) is 22.6 Å². The average molecular weight is 320 g/mol. The van der Waals surface area contributed by atoms with Gasteiger partial charge in [0.05, 0.1) is 12.6 Å². The third kappa shape index (κ3) is 2.15. The highest BCUT2D eigenvalue weighted by Crippen LogP contribution is 2.22. The number of nitriles is 1. The Morgan fingerprint density at radius 3 is 2.96 bits per heavy atom. The van der Waals surface area contributed by atoms with E-state index in [1.54, 1.807) is 9.47 Å². The zero-order valence-corrected chi connectivity index (χ0v) is 13.3. The largest absolute Gasteiger partial charge is 0.328 e. The highest BCUT2D eigenvalue weighted by Gasteiger charge is 2.26. The van der Waals surface area contributed by atoms with E-state index in [4.69, 9.17) is 5.26 Å². The summed E-state index contributed by atoms with van der Waals surface area (Å²) in [4.78, 5) is 14.8. The van der Waals surface area contributed by atoms with Gasteiger partial charge in [0.2, 0.25) is 0 Å². The minimum atomic E-state index is -0.0756. The molecule has 0 saturated carbocycles. The van der Waals surface area contributed by atoms with Crippen LogP contribution < -0.4 is 0 Å². The Morgan fingerprint density at radius 2 is 2.12 bits per heavy atom. The molecule has 0 radical (unpaired) electrons. The lowest BCUT2D eigenvalue weighted by molar-refractivity contribution is 0.0697. The number of carbonyl (C=O) groups is 1. The van der Waals surface area contributed by atoms with Crippen molar-refractivity contribution in [3.63, 3.8) is 0 Å². The van der Waals surface area contributed by atoms with Crippen molar-refractivity contribution in [2.75, 3.05) is 6.54 Å². The van der Waals surface area contributed by atoms with Gasteiger partial charge in [-0.25, -0.2) is 0 Å². The number of hydrogen-bond donors (Lipinski definition) is 0. The van der Waals surface area contributed by atoms with Crippen LogP contribution in [0, 0.1) is 18.3 Å². The van der Waals surface area contributed by atoms with Crippen LogP contribution in [-0.2, 0) is 19.6 Å². The third-order valence-electron chi connectivity index (χ3n) is 4.48. The fourth-order valence-corrected chi connectivity index (χ4v) is 3.27. The SMILES string of the molecule is Cc1nnc2n1CCN(C(=O)c1cc3ccccc3n1CC#N)C2. The maximum atomic E-state index is 13.0. The van der Waals surface area contributed by atoms with Crippen LogP contribution in [0.5, 0.6) is 0 Å². The van der Waals surface area contributed by atoms with Gasteiger partial charge in [0, 0.05) is 24.0 Å². The molecule has 0 atom stereocenters. The van der Waals surface area contributed by atoms with Crippen LogP contribution in [0.25, 0.3) is 10.9 Å². The fraction of sp³-hybridized carbons (Fsp3) is 0.294. The summed E-state index contributed by atoms with van der Waals surface area (Å²) in [5.41, 5.74) is 1.45. The van der Waals surface area contributed by atoms with Crippen molar-refractivity contribution in [1.82, 2.24) is 24.2 Å². The molecule has 24 heavy (non-hydrogen) atoms. The van der Waals surface area contributed by atoms with Gasteiger partial charge in [0.15, 0.2) is 5.82 Å². The molecule has 0 N–H and O–H groups in total. The van der Waals surface area contributed by atoms with Gasteiger partial charge in [-0.15, -0.1) is 10.2 Å². The highest BCUT2D eigenvalue weighted by molar-refractivity contribution is 5.98. The molecular formula is C17H16N6O. The second-order valence-electron chi connectivity index (χ2n) is 5.87. The van der Waals surface area contributed by atoms with E-state index in [-0.39, 0.29) is 12.5 Å². The minimum absolute atomic E-state index is 0.0756. The van der Waals surface area contributed by atoms with Gasteiger partial charge in [-0.3, -0.25) is 4.79 Å². The summed E-state index contributed by atoms with van der Waals surface area (Å²) in [6.45, 7) is 3.81. The van der Waals surface area contributed by atoms with Crippen molar-refractivity contribution >= 4 is 16.8 Å². The predicted molar refractivity (Wildman–Crippen MR) is 87.1 cm³/mol. The highest BCUT2D eigenvalue weighted by atomic mass is 16.2. The number of carbonyl (C=O) groups excluding carboxylic acids is 1. The molecule has 3 aromatic rings. The fourth-order valence-electron chi connectivity index (χ4n) is 3.27. The molecule has 0 aliphatic carbocycles. The second-order valence-corrected chi connectivity index (χ2v) is 5.87. The molecule has 1 aromatic carbocycles. The summed E-state index contributed by atoms with van der Waals surface area (Å²) in [6.07, 6.45) is 0. The molecule has 4 rings (SSSR count). The number of aromatic nitrogens is 4. The van der Waals surface area contributed by atoms with E-state index >= 15 is 0 Å². The molecule has 1 aliphatic heterocycles. The normalized spacial score (nSPS) is 13.8. The van der Waals surface area contributed by atoms with Crippen molar-refractivity contribution < 1.29 is 4.79 Å². The van der Waals surface area contributed by atoms with Crippen LogP contribution in [0.3, 0.4) is 0 Å². The first-order chi connectivity index (χ1) is 11.7. The van der Waals surface area contributed by atoms with Gasteiger partial charge in [-0.2, -0.15) is 5.26 Å². The van der Waals surface area contributed by atoms with E-state index in [0.29, 0.717) is 25.3 Å². The van der Waals surface area contributed by atoms with E-state index in [1.807, 2.05) is 41.8 Å². The minimum Gasteiger partial charge on any atom is -0.328 e. The topological polar surface area (TPSA) is 79.7 Å². The number of para-hydroxylation sites is 1.